The molecule has 8 heteroatoms. The topological polar surface area (TPSA) is 43.4 Å². The normalized spacial score (nSPS) is 9.97. The molecule has 3 rings (SSSR count). The Balaban J connectivity index is 0.00000225. The molecule has 3 aromatic rings. The summed E-state index contributed by atoms with van der Waals surface area (Å²) >= 11 is 12.7. The molecule has 0 radical (unpaired) electrons. The van der Waals surface area contributed by atoms with Gasteiger partial charge in [-0.1, -0.05) is 47.5 Å². The van der Waals surface area contributed by atoms with Crippen LogP contribution in [-0.4, -0.2) is 11.6 Å². The van der Waals surface area contributed by atoms with Crippen LogP contribution in [0.2, 0.25) is 10.0 Å². The average molecular weight is 490 g/mol. The molecule has 0 saturated heterocycles. The fourth-order valence-electron chi connectivity index (χ4n) is 2.75. The number of benzene rings is 2. The van der Waals surface area contributed by atoms with E-state index in [1.165, 1.54) is 0 Å². The minimum Gasteiger partial charge on any atom is -0.490 e. The highest BCUT2D eigenvalue weighted by molar-refractivity contribution is 6.32. The van der Waals surface area contributed by atoms with Crippen LogP contribution in [0.25, 0.3) is 0 Å². The zero-order valence-corrected chi connectivity index (χ0v) is 19.6. The van der Waals surface area contributed by atoms with Gasteiger partial charge in [0.05, 0.1) is 11.6 Å². The first-order valence-electron chi connectivity index (χ1n) is 9.08. The monoisotopic (exact) mass is 488 g/mol. The molecule has 1 aromatic heterocycles. The number of rotatable bonds is 9. The fourth-order valence-corrected chi connectivity index (χ4v) is 3.22. The number of nitrogens with one attached hydrogen (secondary N) is 1. The summed E-state index contributed by atoms with van der Waals surface area (Å²) in [4.78, 5) is 4.12. The van der Waals surface area contributed by atoms with Crippen molar-refractivity contribution in [3.8, 4) is 11.5 Å². The number of pyridine rings is 1. The minimum absolute atomic E-state index is 0. The van der Waals surface area contributed by atoms with Crippen LogP contribution in [0.1, 0.15) is 23.6 Å². The third-order valence-electron chi connectivity index (χ3n) is 4.08. The van der Waals surface area contributed by atoms with Crippen LogP contribution in [0.5, 0.6) is 11.5 Å². The molecular weight excluding hydrogens is 466 g/mol. The van der Waals surface area contributed by atoms with Crippen LogP contribution in [0.3, 0.4) is 0 Å². The van der Waals surface area contributed by atoms with Gasteiger partial charge in [-0.15, -0.1) is 24.8 Å². The van der Waals surface area contributed by atoms with Crippen LogP contribution >= 0.6 is 48.0 Å². The van der Waals surface area contributed by atoms with Crippen LogP contribution in [-0.2, 0) is 19.7 Å². The van der Waals surface area contributed by atoms with E-state index in [1.807, 2.05) is 61.7 Å². The molecule has 0 amide bonds. The number of halogens is 4. The SMILES string of the molecule is CCOc1cc(CNCc2cccnc2)cc(Cl)c1OCc1ccccc1Cl.Cl.Cl. The highest BCUT2D eigenvalue weighted by atomic mass is 35.5. The number of aromatic nitrogens is 1. The third-order valence-corrected chi connectivity index (χ3v) is 4.73. The van der Waals surface area contributed by atoms with Crippen molar-refractivity contribution < 1.29 is 9.47 Å². The maximum Gasteiger partial charge on any atom is 0.180 e. The van der Waals surface area contributed by atoms with Crippen molar-refractivity contribution in [2.24, 2.45) is 0 Å². The lowest BCUT2D eigenvalue weighted by atomic mass is 10.2. The molecule has 30 heavy (non-hydrogen) atoms. The van der Waals surface area contributed by atoms with Crippen molar-refractivity contribution in [2.45, 2.75) is 26.6 Å². The van der Waals surface area contributed by atoms with E-state index in [4.69, 9.17) is 32.7 Å². The molecule has 0 unspecified atom stereocenters. The highest BCUT2D eigenvalue weighted by Gasteiger charge is 2.13. The van der Waals surface area contributed by atoms with Crippen molar-refractivity contribution in [3.63, 3.8) is 0 Å². The van der Waals surface area contributed by atoms with Gasteiger partial charge in [0, 0.05) is 36.1 Å². The van der Waals surface area contributed by atoms with Gasteiger partial charge in [-0.3, -0.25) is 4.98 Å². The maximum absolute atomic E-state index is 6.50. The van der Waals surface area contributed by atoms with Crippen LogP contribution in [0.4, 0.5) is 0 Å². The molecule has 0 atom stereocenters. The molecule has 0 aliphatic rings. The van der Waals surface area contributed by atoms with Gasteiger partial charge in [-0.05, 0) is 42.3 Å². The minimum atomic E-state index is 0. The molecule has 1 N–H and O–H groups in total. The Bertz CT molecular complexity index is 911. The van der Waals surface area contributed by atoms with E-state index in [-0.39, 0.29) is 24.8 Å². The lowest BCUT2D eigenvalue weighted by Crippen LogP contribution is -2.13. The summed E-state index contributed by atoms with van der Waals surface area (Å²) in [6, 6.07) is 15.4. The first-order valence-corrected chi connectivity index (χ1v) is 9.84. The smallest absolute Gasteiger partial charge is 0.180 e. The quantitative estimate of drug-likeness (QED) is 0.372. The molecule has 4 nitrogen and oxygen atoms in total. The predicted molar refractivity (Wildman–Crippen MR) is 128 cm³/mol. The van der Waals surface area contributed by atoms with Gasteiger partial charge in [0.1, 0.15) is 6.61 Å². The predicted octanol–water partition coefficient (Wildman–Crippen LogP) is 6.50. The lowest BCUT2D eigenvalue weighted by molar-refractivity contribution is 0.269. The second-order valence-electron chi connectivity index (χ2n) is 6.18. The van der Waals surface area contributed by atoms with Crippen LogP contribution < -0.4 is 14.8 Å². The van der Waals surface area contributed by atoms with E-state index < -0.39 is 0 Å². The third kappa shape index (κ3) is 7.53. The van der Waals surface area contributed by atoms with Gasteiger partial charge in [0.2, 0.25) is 0 Å². The summed E-state index contributed by atoms with van der Waals surface area (Å²) in [5.41, 5.74) is 3.03. The van der Waals surface area contributed by atoms with E-state index in [0.717, 1.165) is 23.2 Å². The van der Waals surface area contributed by atoms with Crippen LogP contribution in [0, 0.1) is 0 Å². The van der Waals surface area contributed by atoms with E-state index in [2.05, 4.69) is 10.3 Å². The Hall–Kier alpha value is -1.69. The number of hydrogen-bond acceptors (Lipinski definition) is 4. The Kier molecular flexibility index (Phi) is 11.9. The molecule has 2 aromatic carbocycles. The summed E-state index contributed by atoms with van der Waals surface area (Å²) in [7, 11) is 0. The second kappa shape index (κ2) is 13.6. The van der Waals surface area contributed by atoms with Gasteiger partial charge >= 0.3 is 0 Å². The molecule has 162 valence electrons. The molecule has 0 fully saturated rings. The average Bonchev–Trinajstić information content (AvgIpc) is 2.70. The van der Waals surface area contributed by atoms with Gasteiger partial charge in [0.15, 0.2) is 11.5 Å². The zero-order chi connectivity index (χ0) is 19.8. The lowest BCUT2D eigenvalue weighted by Gasteiger charge is -2.16. The molecule has 0 saturated carbocycles. The van der Waals surface area contributed by atoms with E-state index in [0.29, 0.717) is 41.3 Å². The molecule has 0 aliphatic carbocycles. The Morgan fingerprint density at radius 2 is 1.67 bits per heavy atom. The van der Waals surface area contributed by atoms with Crippen LogP contribution in [0.15, 0.2) is 60.9 Å². The molecule has 0 spiro atoms. The molecule has 0 aliphatic heterocycles. The van der Waals surface area contributed by atoms with Crippen molar-refractivity contribution >= 4 is 48.0 Å². The first kappa shape index (κ1) is 26.3. The van der Waals surface area contributed by atoms with Gasteiger partial charge < -0.3 is 14.8 Å². The number of ether oxygens (including phenoxy) is 2. The zero-order valence-electron chi connectivity index (χ0n) is 16.4. The standard InChI is InChI=1S/C22H22Cl2N2O2.2ClH/c1-2-27-21-11-17(14-26-13-16-6-5-9-25-12-16)10-20(24)22(21)28-15-18-7-3-4-8-19(18)23;;/h3-12,26H,2,13-15H2,1H3;2*1H. The van der Waals surface area contributed by atoms with Gasteiger partial charge in [0.25, 0.3) is 0 Å². The Morgan fingerprint density at radius 1 is 0.900 bits per heavy atom. The largest absolute Gasteiger partial charge is 0.490 e. The van der Waals surface area contributed by atoms with Crippen molar-refractivity contribution in [3.05, 3.63) is 87.7 Å². The highest BCUT2D eigenvalue weighted by Crippen LogP contribution is 2.37. The molecule has 0 bridgehead atoms. The summed E-state index contributed by atoms with van der Waals surface area (Å²) in [5, 5.41) is 4.56. The maximum atomic E-state index is 6.50. The van der Waals surface area contributed by atoms with Crippen molar-refractivity contribution in [1.82, 2.24) is 10.3 Å². The summed E-state index contributed by atoms with van der Waals surface area (Å²) in [5.74, 6) is 1.15. The molecule has 1 heterocycles. The Labute approximate surface area is 199 Å². The summed E-state index contributed by atoms with van der Waals surface area (Å²) in [6.07, 6.45) is 3.61. The number of nitrogens with zero attached hydrogens (tertiary/aromatic N) is 1. The molecular formula is C22H24Cl4N2O2. The van der Waals surface area contributed by atoms with E-state index in [9.17, 15) is 0 Å². The van der Waals surface area contributed by atoms with Crippen molar-refractivity contribution in [1.29, 1.82) is 0 Å². The second-order valence-corrected chi connectivity index (χ2v) is 7.00. The Morgan fingerprint density at radius 3 is 2.37 bits per heavy atom. The van der Waals surface area contributed by atoms with Gasteiger partial charge in [-0.25, -0.2) is 0 Å². The van der Waals surface area contributed by atoms with Gasteiger partial charge in [-0.2, -0.15) is 0 Å². The number of hydrogen-bond donors (Lipinski definition) is 1. The van der Waals surface area contributed by atoms with E-state index >= 15 is 0 Å². The summed E-state index contributed by atoms with van der Waals surface area (Å²) < 4.78 is 11.7. The fraction of sp³-hybridized carbons (Fsp3) is 0.227. The first-order chi connectivity index (χ1) is 13.7. The summed E-state index contributed by atoms with van der Waals surface area (Å²) in [6.45, 7) is 4.14. The van der Waals surface area contributed by atoms with E-state index in [1.54, 1.807) is 6.20 Å². The van der Waals surface area contributed by atoms with Crippen molar-refractivity contribution in [2.75, 3.05) is 6.61 Å².